The van der Waals surface area contributed by atoms with Crippen LogP contribution in [0.25, 0.3) is 0 Å². The zero-order chi connectivity index (χ0) is 15.2. The highest BCUT2D eigenvalue weighted by atomic mass is 16.5. The predicted molar refractivity (Wildman–Crippen MR) is 79.5 cm³/mol. The number of primary amides is 1. The van der Waals surface area contributed by atoms with E-state index in [1.807, 2.05) is 4.90 Å². The number of piperidine rings is 1. The summed E-state index contributed by atoms with van der Waals surface area (Å²) in [6, 6.07) is 0.140. The van der Waals surface area contributed by atoms with Gasteiger partial charge in [-0.3, -0.25) is 9.59 Å². The molecule has 2 aliphatic heterocycles. The number of nitrogens with one attached hydrogen (secondary N) is 1. The molecule has 21 heavy (non-hydrogen) atoms. The standard InChI is InChI=1S/C15H27N3O3/c1-2-5-17-13-10-21-9-12(13)15(20)18-6-3-11(4-7-18)8-14(16)19/h11-13,17H,2-10H2,1H3,(H2,16,19). The van der Waals surface area contributed by atoms with E-state index in [2.05, 4.69) is 12.2 Å². The van der Waals surface area contributed by atoms with Gasteiger partial charge in [0.25, 0.3) is 0 Å². The summed E-state index contributed by atoms with van der Waals surface area (Å²) in [5.74, 6) is 0.219. The SMILES string of the molecule is CCCNC1COCC1C(=O)N1CCC(CC(N)=O)CC1. The lowest BCUT2D eigenvalue weighted by Crippen LogP contribution is -2.48. The molecule has 3 N–H and O–H groups in total. The van der Waals surface area contributed by atoms with E-state index >= 15 is 0 Å². The maximum Gasteiger partial charge on any atom is 0.229 e. The summed E-state index contributed by atoms with van der Waals surface area (Å²) in [6.07, 6.45) is 3.23. The van der Waals surface area contributed by atoms with Gasteiger partial charge in [-0.2, -0.15) is 0 Å². The molecule has 0 bridgehead atoms. The molecule has 2 amide bonds. The second-order valence-electron chi connectivity index (χ2n) is 6.14. The normalized spacial score (nSPS) is 27.0. The van der Waals surface area contributed by atoms with Gasteiger partial charge in [-0.05, 0) is 31.7 Å². The van der Waals surface area contributed by atoms with E-state index in [0.717, 1.165) is 38.9 Å². The molecule has 6 nitrogen and oxygen atoms in total. The van der Waals surface area contributed by atoms with E-state index in [9.17, 15) is 9.59 Å². The van der Waals surface area contributed by atoms with Crippen molar-refractivity contribution < 1.29 is 14.3 Å². The number of amides is 2. The van der Waals surface area contributed by atoms with E-state index in [1.165, 1.54) is 0 Å². The first kappa shape index (κ1) is 16.2. The van der Waals surface area contributed by atoms with E-state index in [-0.39, 0.29) is 23.8 Å². The highest BCUT2D eigenvalue weighted by Crippen LogP contribution is 2.24. The molecular weight excluding hydrogens is 270 g/mol. The Kier molecular flexibility index (Phi) is 5.99. The number of rotatable bonds is 6. The third kappa shape index (κ3) is 4.41. The minimum absolute atomic E-state index is 0.0655. The van der Waals surface area contributed by atoms with Crippen molar-refractivity contribution in [3.63, 3.8) is 0 Å². The number of carbonyl (C=O) groups is 2. The molecule has 0 aliphatic carbocycles. The Hall–Kier alpha value is -1.14. The van der Waals surface area contributed by atoms with Gasteiger partial charge < -0.3 is 20.7 Å². The van der Waals surface area contributed by atoms with Gasteiger partial charge in [0.15, 0.2) is 0 Å². The molecule has 120 valence electrons. The van der Waals surface area contributed by atoms with Crippen LogP contribution in [-0.2, 0) is 14.3 Å². The number of nitrogens with zero attached hydrogens (tertiary/aromatic N) is 1. The molecule has 2 rings (SSSR count). The minimum Gasteiger partial charge on any atom is -0.379 e. The van der Waals surface area contributed by atoms with Gasteiger partial charge in [-0.25, -0.2) is 0 Å². The van der Waals surface area contributed by atoms with Crippen LogP contribution in [0.3, 0.4) is 0 Å². The van der Waals surface area contributed by atoms with Crippen molar-refractivity contribution in [1.82, 2.24) is 10.2 Å². The molecule has 0 aromatic rings. The Labute approximate surface area is 126 Å². The summed E-state index contributed by atoms with van der Waals surface area (Å²) in [5.41, 5.74) is 5.24. The summed E-state index contributed by atoms with van der Waals surface area (Å²) in [4.78, 5) is 25.5. The third-order valence-electron chi connectivity index (χ3n) is 4.47. The van der Waals surface area contributed by atoms with Crippen molar-refractivity contribution >= 4 is 11.8 Å². The summed E-state index contributed by atoms with van der Waals surface area (Å²) in [5, 5.41) is 3.40. The summed E-state index contributed by atoms with van der Waals surface area (Å²) >= 11 is 0. The van der Waals surface area contributed by atoms with Crippen LogP contribution < -0.4 is 11.1 Å². The molecule has 0 spiro atoms. The number of carbonyl (C=O) groups excluding carboxylic acids is 2. The Bertz CT molecular complexity index is 367. The predicted octanol–water partition coefficient (Wildman–Crippen LogP) is 0.115. The number of hydrogen-bond acceptors (Lipinski definition) is 4. The van der Waals surface area contributed by atoms with Crippen LogP contribution in [0.4, 0.5) is 0 Å². The van der Waals surface area contributed by atoms with E-state index < -0.39 is 0 Å². The first-order valence-electron chi connectivity index (χ1n) is 8.00. The van der Waals surface area contributed by atoms with Gasteiger partial charge in [-0.15, -0.1) is 0 Å². The van der Waals surface area contributed by atoms with Gasteiger partial charge in [0.05, 0.1) is 19.1 Å². The highest BCUT2D eigenvalue weighted by Gasteiger charge is 2.37. The summed E-state index contributed by atoms with van der Waals surface area (Å²) in [6.45, 7) is 5.62. The Morgan fingerprint density at radius 1 is 1.29 bits per heavy atom. The fourth-order valence-corrected chi connectivity index (χ4v) is 3.21. The van der Waals surface area contributed by atoms with Crippen molar-refractivity contribution in [2.45, 2.75) is 38.6 Å². The van der Waals surface area contributed by atoms with Crippen molar-refractivity contribution in [2.75, 3.05) is 32.8 Å². The fraction of sp³-hybridized carbons (Fsp3) is 0.867. The lowest BCUT2D eigenvalue weighted by atomic mass is 9.92. The summed E-state index contributed by atoms with van der Waals surface area (Å²) in [7, 11) is 0. The first-order valence-corrected chi connectivity index (χ1v) is 8.00. The van der Waals surface area contributed by atoms with Crippen LogP contribution in [0, 0.1) is 11.8 Å². The average Bonchev–Trinajstić information content (AvgIpc) is 2.93. The third-order valence-corrected chi connectivity index (χ3v) is 4.47. The van der Waals surface area contributed by atoms with Gasteiger partial charge in [0.2, 0.25) is 11.8 Å². The number of likely N-dealkylation sites (tertiary alicyclic amines) is 1. The average molecular weight is 297 g/mol. The van der Waals surface area contributed by atoms with Crippen LogP contribution in [0.15, 0.2) is 0 Å². The van der Waals surface area contributed by atoms with Crippen molar-refractivity contribution in [1.29, 1.82) is 0 Å². The van der Waals surface area contributed by atoms with Crippen LogP contribution in [0.1, 0.15) is 32.6 Å². The molecular formula is C15H27N3O3. The monoisotopic (exact) mass is 297 g/mol. The van der Waals surface area contributed by atoms with Crippen molar-refractivity contribution in [3.8, 4) is 0 Å². The second-order valence-corrected chi connectivity index (χ2v) is 6.14. The van der Waals surface area contributed by atoms with Gasteiger partial charge in [0, 0.05) is 25.6 Å². The lowest BCUT2D eigenvalue weighted by Gasteiger charge is -2.34. The van der Waals surface area contributed by atoms with Crippen LogP contribution in [-0.4, -0.2) is 55.6 Å². The molecule has 2 fully saturated rings. The number of hydrogen-bond donors (Lipinski definition) is 2. The Morgan fingerprint density at radius 2 is 2.00 bits per heavy atom. The lowest BCUT2D eigenvalue weighted by molar-refractivity contribution is -0.137. The molecule has 2 unspecified atom stereocenters. The number of ether oxygens (including phenoxy) is 1. The molecule has 2 atom stereocenters. The molecule has 0 saturated carbocycles. The molecule has 2 aliphatic rings. The minimum atomic E-state index is -0.243. The zero-order valence-electron chi connectivity index (χ0n) is 12.8. The maximum absolute atomic E-state index is 12.6. The molecule has 6 heteroatoms. The van der Waals surface area contributed by atoms with Crippen LogP contribution in [0.5, 0.6) is 0 Å². The van der Waals surface area contributed by atoms with Gasteiger partial charge in [-0.1, -0.05) is 6.92 Å². The van der Waals surface area contributed by atoms with Crippen molar-refractivity contribution in [3.05, 3.63) is 0 Å². The quantitative estimate of drug-likeness (QED) is 0.729. The van der Waals surface area contributed by atoms with Crippen molar-refractivity contribution in [2.24, 2.45) is 17.6 Å². The Morgan fingerprint density at radius 3 is 2.62 bits per heavy atom. The van der Waals surface area contributed by atoms with E-state index in [4.69, 9.17) is 10.5 Å². The van der Waals surface area contributed by atoms with Gasteiger partial charge in [0.1, 0.15) is 0 Å². The summed E-state index contributed by atoms with van der Waals surface area (Å²) < 4.78 is 5.48. The van der Waals surface area contributed by atoms with Crippen LogP contribution in [0.2, 0.25) is 0 Å². The highest BCUT2D eigenvalue weighted by molar-refractivity contribution is 5.80. The fourth-order valence-electron chi connectivity index (χ4n) is 3.21. The smallest absolute Gasteiger partial charge is 0.229 e. The molecule has 0 radical (unpaired) electrons. The van der Waals surface area contributed by atoms with E-state index in [1.54, 1.807) is 0 Å². The van der Waals surface area contributed by atoms with Crippen LogP contribution >= 0.6 is 0 Å². The maximum atomic E-state index is 12.6. The molecule has 2 saturated heterocycles. The molecule has 2 heterocycles. The largest absolute Gasteiger partial charge is 0.379 e. The molecule has 0 aromatic carbocycles. The molecule has 0 aromatic heterocycles. The first-order chi connectivity index (χ1) is 10.1. The van der Waals surface area contributed by atoms with E-state index in [0.29, 0.717) is 25.6 Å². The number of nitrogens with two attached hydrogens (primary N) is 1. The second kappa shape index (κ2) is 7.75. The zero-order valence-corrected chi connectivity index (χ0v) is 12.8. The van der Waals surface area contributed by atoms with Gasteiger partial charge >= 0.3 is 0 Å². The topological polar surface area (TPSA) is 84.7 Å². The Balaban J connectivity index is 1.82.